The van der Waals surface area contributed by atoms with E-state index in [9.17, 15) is 8.42 Å². The summed E-state index contributed by atoms with van der Waals surface area (Å²) in [7, 11) is -2.88. The van der Waals surface area contributed by atoms with Crippen molar-refractivity contribution in [1.82, 2.24) is 0 Å². The normalized spacial score (nSPS) is 11.6. The monoisotopic (exact) mass is 279 g/mol. The first-order valence-electron chi connectivity index (χ1n) is 4.74. The molecule has 16 heavy (non-hydrogen) atoms. The summed E-state index contributed by atoms with van der Waals surface area (Å²) in [6.07, 6.45) is 1.84. The van der Waals surface area contributed by atoms with E-state index >= 15 is 0 Å². The topological polar surface area (TPSA) is 60.2 Å². The standard InChI is InChI=1S/C10H14ClNO2S2/c1-16(13,14)7-3-6-15-10-8(11)4-2-5-9(10)12/h2,4-5H,3,6-7,12H2,1H3. The molecule has 90 valence electrons. The molecule has 0 saturated heterocycles. The fourth-order valence-electron chi connectivity index (χ4n) is 1.17. The predicted octanol–water partition coefficient (Wildman–Crippen LogP) is 2.45. The lowest BCUT2D eigenvalue weighted by Gasteiger charge is -2.06. The van der Waals surface area contributed by atoms with Gasteiger partial charge in [-0.3, -0.25) is 0 Å². The molecule has 0 aromatic heterocycles. The van der Waals surface area contributed by atoms with Crippen LogP contribution in [0.25, 0.3) is 0 Å². The molecule has 2 N–H and O–H groups in total. The highest BCUT2D eigenvalue weighted by Crippen LogP contribution is 2.32. The Hall–Kier alpha value is -0.390. The van der Waals surface area contributed by atoms with E-state index in [1.54, 1.807) is 18.2 Å². The van der Waals surface area contributed by atoms with Crippen molar-refractivity contribution in [1.29, 1.82) is 0 Å². The third kappa shape index (κ3) is 4.63. The lowest BCUT2D eigenvalue weighted by atomic mass is 10.3. The Morgan fingerprint density at radius 3 is 2.69 bits per heavy atom. The molecule has 0 spiro atoms. The van der Waals surface area contributed by atoms with Gasteiger partial charge in [0.2, 0.25) is 0 Å². The van der Waals surface area contributed by atoms with E-state index in [1.165, 1.54) is 18.0 Å². The summed E-state index contributed by atoms with van der Waals surface area (Å²) in [5.74, 6) is 0.894. The number of sulfone groups is 1. The molecule has 0 aliphatic heterocycles. The van der Waals surface area contributed by atoms with Gasteiger partial charge in [0, 0.05) is 16.8 Å². The highest BCUT2D eigenvalue weighted by molar-refractivity contribution is 7.99. The SMILES string of the molecule is CS(=O)(=O)CCCSc1c(N)cccc1Cl. The Bertz CT molecular complexity index is 440. The first-order valence-corrected chi connectivity index (χ1v) is 8.17. The largest absolute Gasteiger partial charge is 0.398 e. The van der Waals surface area contributed by atoms with E-state index in [1.807, 2.05) is 0 Å². The molecular weight excluding hydrogens is 266 g/mol. The third-order valence-electron chi connectivity index (χ3n) is 1.90. The van der Waals surface area contributed by atoms with Crippen LogP contribution in [-0.4, -0.2) is 26.2 Å². The zero-order chi connectivity index (χ0) is 12.2. The molecule has 0 saturated carbocycles. The van der Waals surface area contributed by atoms with Gasteiger partial charge in [-0.05, 0) is 24.3 Å². The second-order valence-electron chi connectivity index (χ2n) is 3.49. The number of benzene rings is 1. The smallest absolute Gasteiger partial charge is 0.147 e. The van der Waals surface area contributed by atoms with Crippen molar-refractivity contribution in [3.8, 4) is 0 Å². The van der Waals surface area contributed by atoms with Crippen LogP contribution in [0.15, 0.2) is 23.1 Å². The predicted molar refractivity (Wildman–Crippen MR) is 70.9 cm³/mol. The van der Waals surface area contributed by atoms with Crippen LogP contribution in [0.3, 0.4) is 0 Å². The van der Waals surface area contributed by atoms with Gasteiger partial charge in [0.25, 0.3) is 0 Å². The first kappa shape index (κ1) is 13.7. The molecule has 0 atom stereocenters. The molecule has 1 aromatic carbocycles. The molecule has 1 rings (SSSR count). The van der Waals surface area contributed by atoms with Gasteiger partial charge >= 0.3 is 0 Å². The average Bonchev–Trinajstić information content (AvgIpc) is 2.14. The summed E-state index contributed by atoms with van der Waals surface area (Å²) >= 11 is 7.47. The minimum Gasteiger partial charge on any atom is -0.398 e. The van der Waals surface area contributed by atoms with Gasteiger partial charge in [-0.2, -0.15) is 0 Å². The molecule has 0 aliphatic carbocycles. The van der Waals surface area contributed by atoms with Crippen LogP contribution in [-0.2, 0) is 9.84 Å². The summed E-state index contributed by atoms with van der Waals surface area (Å²) in [4.78, 5) is 0.831. The summed E-state index contributed by atoms with van der Waals surface area (Å²) in [5, 5.41) is 0.615. The van der Waals surface area contributed by atoms with E-state index in [0.717, 1.165) is 4.90 Å². The summed E-state index contributed by atoms with van der Waals surface area (Å²) in [5.41, 5.74) is 6.40. The van der Waals surface area contributed by atoms with Crippen molar-refractivity contribution >= 4 is 38.9 Å². The van der Waals surface area contributed by atoms with Crippen molar-refractivity contribution in [2.75, 3.05) is 23.5 Å². The maximum atomic E-state index is 10.9. The highest BCUT2D eigenvalue weighted by atomic mass is 35.5. The van der Waals surface area contributed by atoms with Crippen LogP contribution in [0, 0.1) is 0 Å². The summed E-state index contributed by atoms with van der Waals surface area (Å²) in [6, 6.07) is 5.35. The van der Waals surface area contributed by atoms with E-state index in [-0.39, 0.29) is 5.75 Å². The number of halogens is 1. The fraction of sp³-hybridized carbons (Fsp3) is 0.400. The molecule has 0 radical (unpaired) electrons. The third-order valence-corrected chi connectivity index (χ3v) is 4.60. The molecule has 0 unspecified atom stereocenters. The van der Waals surface area contributed by atoms with Crippen molar-refractivity contribution in [3.63, 3.8) is 0 Å². The van der Waals surface area contributed by atoms with Gasteiger partial charge in [-0.15, -0.1) is 11.8 Å². The van der Waals surface area contributed by atoms with Gasteiger partial charge in [-0.1, -0.05) is 17.7 Å². The molecular formula is C10H14ClNO2S2. The fourth-order valence-corrected chi connectivity index (χ4v) is 3.30. The van der Waals surface area contributed by atoms with Crippen LogP contribution < -0.4 is 5.73 Å². The van der Waals surface area contributed by atoms with E-state index < -0.39 is 9.84 Å². The molecule has 0 fully saturated rings. The molecule has 1 aromatic rings. The van der Waals surface area contributed by atoms with Gasteiger partial charge < -0.3 is 5.73 Å². The van der Waals surface area contributed by atoms with E-state index in [2.05, 4.69) is 0 Å². The molecule has 0 bridgehead atoms. The lowest BCUT2D eigenvalue weighted by Crippen LogP contribution is -2.03. The van der Waals surface area contributed by atoms with Crippen molar-refractivity contribution in [2.24, 2.45) is 0 Å². The van der Waals surface area contributed by atoms with E-state index in [0.29, 0.717) is 22.9 Å². The number of rotatable bonds is 5. The van der Waals surface area contributed by atoms with Gasteiger partial charge in [0.15, 0.2) is 0 Å². The Morgan fingerprint density at radius 2 is 2.12 bits per heavy atom. The minimum atomic E-state index is -2.88. The minimum absolute atomic E-state index is 0.199. The van der Waals surface area contributed by atoms with Crippen LogP contribution in [0.4, 0.5) is 5.69 Å². The number of thioether (sulfide) groups is 1. The van der Waals surface area contributed by atoms with Crippen molar-refractivity contribution in [2.45, 2.75) is 11.3 Å². The van der Waals surface area contributed by atoms with Crippen molar-refractivity contribution < 1.29 is 8.42 Å². The summed E-state index contributed by atoms with van der Waals surface area (Å²) < 4.78 is 21.8. The Kier molecular flexibility index (Phi) is 4.95. The number of hydrogen-bond acceptors (Lipinski definition) is 4. The van der Waals surface area contributed by atoms with Gasteiger partial charge in [-0.25, -0.2) is 8.42 Å². The molecule has 0 amide bonds. The lowest BCUT2D eigenvalue weighted by molar-refractivity contribution is 0.600. The van der Waals surface area contributed by atoms with Crippen LogP contribution >= 0.6 is 23.4 Å². The summed E-state index contributed by atoms with van der Waals surface area (Å²) in [6.45, 7) is 0. The van der Waals surface area contributed by atoms with Crippen molar-refractivity contribution in [3.05, 3.63) is 23.2 Å². The van der Waals surface area contributed by atoms with E-state index in [4.69, 9.17) is 17.3 Å². The zero-order valence-corrected chi connectivity index (χ0v) is 11.3. The van der Waals surface area contributed by atoms with Crippen LogP contribution in [0.5, 0.6) is 0 Å². The second kappa shape index (κ2) is 5.80. The Morgan fingerprint density at radius 1 is 1.44 bits per heavy atom. The Labute approximate surface area is 105 Å². The number of nitrogens with two attached hydrogens (primary N) is 1. The van der Waals surface area contributed by atoms with Gasteiger partial charge in [0.05, 0.1) is 10.8 Å². The van der Waals surface area contributed by atoms with Crippen LogP contribution in [0.2, 0.25) is 5.02 Å². The second-order valence-corrected chi connectivity index (χ2v) is 7.26. The quantitative estimate of drug-likeness (QED) is 0.511. The maximum Gasteiger partial charge on any atom is 0.147 e. The molecule has 0 heterocycles. The first-order chi connectivity index (χ1) is 7.40. The average molecular weight is 280 g/mol. The number of nitrogen functional groups attached to an aromatic ring is 1. The van der Waals surface area contributed by atoms with Crippen LogP contribution in [0.1, 0.15) is 6.42 Å². The zero-order valence-electron chi connectivity index (χ0n) is 8.94. The molecule has 0 aliphatic rings. The molecule has 3 nitrogen and oxygen atoms in total. The highest BCUT2D eigenvalue weighted by Gasteiger charge is 2.06. The number of anilines is 1. The maximum absolute atomic E-state index is 10.9. The van der Waals surface area contributed by atoms with Gasteiger partial charge in [0.1, 0.15) is 9.84 Å². The number of hydrogen-bond donors (Lipinski definition) is 1. The molecule has 6 heteroatoms. The Balaban J connectivity index is 2.49.